The fourth-order valence-electron chi connectivity index (χ4n) is 4.83. The second kappa shape index (κ2) is 7.16. The average Bonchev–Trinajstić information content (AvgIpc) is 3.04. The minimum absolute atomic E-state index is 0.0291. The molecule has 2 aliphatic carbocycles. The van der Waals surface area contributed by atoms with Crippen molar-refractivity contribution in [1.82, 2.24) is 8.43 Å². The van der Waals surface area contributed by atoms with Gasteiger partial charge < -0.3 is 5.32 Å². The molecule has 1 heterocycles. The maximum absolute atomic E-state index is 12.8. The molecule has 124 valence electrons. The highest BCUT2D eigenvalue weighted by molar-refractivity contribution is 14.1. The Labute approximate surface area is 147 Å². The van der Waals surface area contributed by atoms with Gasteiger partial charge in [-0.3, -0.25) is 9.59 Å². The van der Waals surface area contributed by atoms with Crippen molar-refractivity contribution in [3.63, 3.8) is 0 Å². The number of nitrogens with zero attached hydrogens (tertiary/aromatic N) is 1. The summed E-state index contributed by atoms with van der Waals surface area (Å²) < 4.78 is 2.18. The molecule has 3 aliphatic rings. The van der Waals surface area contributed by atoms with E-state index < -0.39 is 0 Å². The molecule has 0 aromatic rings. The van der Waals surface area contributed by atoms with Crippen LogP contribution in [0.25, 0.3) is 0 Å². The summed E-state index contributed by atoms with van der Waals surface area (Å²) >= 11 is 2.30. The average molecular weight is 418 g/mol. The van der Waals surface area contributed by atoms with Crippen LogP contribution >= 0.6 is 22.9 Å². The number of hydrogen-bond acceptors (Lipinski definition) is 3. The molecule has 0 spiro atoms. The molecule has 3 rings (SSSR count). The topological polar surface area (TPSA) is 49.4 Å². The summed E-state index contributed by atoms with van der Waals surface area (Å²) in [4.78, 5) is 24.9. The van der Waals surface area contributed by atoms with E-state index in [1.54, 1.807) is 6.92 Å². The van der Waals surface area contributed by atoms with Gasteiger partial charge in [-0.05, 0) is 50.4 Å². The zero-order valence-electron chi connectivity index (χ0n) is 13.4. The Hall–Kier alpha value is -0.170. The lowest BCUT2D eigenvalue weighted by molar-refractivity contribution is -0.130. The van der Waals surface area contributed by atoms with Crippen molar-refractivity contribution in [3.05, 3.63) is 0 Å². The minimum atomic E-state index is -0.266. The quantitative estimate of drug-likeness (QED) is 0.564. The number of halogens is 1. The van der Waals surface area contributed by atoms with Crippen molar-refractivity contribution in [2.75, 3.05) is 6.54 Å². The van der Waals surface area contributed by atoms with Gasteiger partial charge in [-0.15, -0.1) is 0 Å². The zero-order chi connectivity index (χ0) is 15.7. The predicted molar refractivity (Wildman–Crippen MR) is 94.5 cm³/mol. The van der Waals surface area contributed by atoms with Crippen LogP contribution in [0.15, 0.2) is 0 Å². The van der Waals surface area contributed by atoms with E-state index in [2.05, 4.69) is 31.3 Å². The number of ketones is 1. The molecule has 3 fully saturated rings. The number of carbonyl (C=O) groups is 2. The van der Waals surface area contributed by atoms with Gasteiger partial charge in [0.2, 0.25) is 5.91 Å². The molecule has 0 bridgehead atoms. The standard InChI is InChI=1S/C17H27IN2O2/c1-11(21)15(12-6-3-2-4-7-12)19-17(22)16-14-9-5-8-13(14)10-20(16)18/h12-16H,2-10H2,1H3,(H,19,22)/t13-,14-,15+,16-/m0/s1. The Kier molecular flexibility index (Phi) is 5.43. The molecular formula is C17H27IN2O2. The van der Waals surface area contributed by atoms with E-state index in [1.807, 2.05) is 0 Å². The smallest absolute Gasteiger partial charge is 0.239 e. The highest BCUT2D eigenvalue weighted by Gasteiger charge is 2.47. The molecule has 1 amide bonds. The van der Waals surface area contributed by atoms with Crippen LogP contribution in [0.4, 0.5) is 0 Å². The van der Waals surface area contributed by atoms with E-state index in [0.717, 1.165) is 25.8 Å². The minimum Gasteiger partial charge on any atom is -0.345 e. The van der Waals surface area contributed by atoms with Gasteiger partial charge in [0.25, 0.3) is 0 Å². The SMILES string of the molecule is CC(=O)[C@@H](NC(=O)[C@@H]1[C@H]2CCC[C@H]2CN1I)C1CCCCC1. The summed E-state index contributed by atoms with van der Waals surface area (Å²) in [6, 6.07) is -0.295. The van der Waals surface area contributed by atoms with E-state index in [-0.39, 0.29) is 23.8 Å². The van der Waals surface area contributed by atoms with Gasteiger partial charge in [0.1, 0.15) is 6.04 Å². The Morgan fingerprint density at radius 3 is 2.50 bits per heavy atom. The lowest BCUT2D eigenvalue weighted by atomic mass is 9.82. The Morgan fingerprint density at radius 1 is 1.09 bits per heavy atom. The summed E-state index contributed by atoms with van der Waals surface area (Å²) in [7, 11) is 0. The van der Waals surface area contributed by atoms with Crippen LogP contribution in [0.5, 0.6) is 0 Å². The normalized spacial score (nSPS) is 34.4. The molecule has 4 atom stereocenters. The molecule has 0 aromatic heterocycles. The number of rotatable bonds is 4. The highest BCUT2D eigenvalue weighted by Crippen LogP contribution is 2.43. The number of hydrogen-bond donors (Lipinski definition) is 1. The van der Waals surface area contributed by atoms with Gasteiger partial charge in [0.05, 0.1) is 6.04 Å². The number of Topliss-reactive ketones (excluding diaryl/α,β-unsaturated/α-hetero) is 1. The summed E-state index contributed by atoms with van der Waals surface area (Å²) in [5.41, 5.74) is 0. The molecule has 5 heteroatoms. The second-order valence-corrected chi connectivity index (χ2v) is 8.62. The lowest BCUT2D eigenvalue weighted by Crippen LogP contribution is -2.52. The monoisotopic (exact) mass is 418 g/mol. The maximum atomic E-state index is 12.8. The van der Waals surface area contributed by atoms with Gasteiger partial charge in [-0.25, -0.2) is 3.11 Å². The van der Waals surface area contributed by atoms with Crippen molar-refractivity contribution in [3.8, 4) is 0 Å². The van der Waals surface area contributed by atoms with Crippen LogP contribution in [0.3, 0.4) is 0 Å². The molecule has 1 N–H and O–H groups in total. The van der Waals surface area contributed by atoms with E-state index in [0.29, 0.717) is 17.8 Å². The second-order valence-electron chi connectivity index (χ2n) is 7.38. The first-order chi connectivity index (χ1) is 10.6. The first-order valence-corrected chi connectivity index (χ1v) is 9.77. The number of fused-ring (bicyclic) bond motifs is 1. The number of nitrogens with one attached hydrogen (secondary N) is 1. The Balaban J connectivity index is 1.66. The summed E-state index contributed by atoms with van der Waals surface area (Å²) in [5.74, 6) is 1.74. The third-order valence-electron chi connectivity index (χ3n) is 5.96. The molecule has 22 heavy (non-hydrogen) atoms. The van der Waals surface area contributed by atoms with Crippen molar-refractivity contribution in [1.29, 1.82) is 0 Å². The van der Waals surface area contributed by atoms with Crippen LogP contribution in [0.2, 0.25) is 0 Å². The lowest BCUT2D eigenvalue weighted by Gasteiger charge is -2.31. The van der Waals surface area contributed by atoms with Gasteiger partial charge in [0, 0.05) is 29.4 Å². The maximum Gasteiger partial charge on any atom is 0.239 e. The largest absolute Gasteiger partial charge is 0.345 e. The molecule has 1 saturated heterocycles. The van der Waals surface area contributed by atoms with Gasteiger partial charge in [-0.2, -0.15) is 0 Å². The molecule has 4 nitrogen and oxygen atoms in total. The summed E-state index contributed by atoms with van der Waals surface area (Å²) in [6.07, 6.45) is 9.48. The van der Waals surface area contributed by atoms with Gasteiger partial charge >= 0.3 is 0 Å². The fraction of sp³-hybridized carbons (Fsp3) is 0.882. The van der Waals surface area contributed by atoms with Gasteiger partial charge in [0.15, 0.2) is 5.78 Å². The Morgan fingerprint density at radius 2 is 1.82 bits per heavy atom. The van der Waals surface area contributed by atoms with Crippen LogP contribution < -0.4 is 5.32 Å². The fourth-order valence-corrected chi connectivity index (χ4v) is 6.00. The molecule has 0 radical (unpaired) electrons. The molecule has 1 aliphatic heterocycles. The van der Waals surface area contributed by atoms with E-state index >= 15 is 0 Å². The number of carbonyl (C=O) groups excluding carboxylic acids is 2. The zero-order valence-corrected chi connectivity index (χ0v) is 15.5. The van der Waals surface area contributed by atoms with Crippen molar-refractivity contribution in [2.24, 2.45) is 17.8 Å². The van der Waals surface area contributed by atoms with Crippen LogP contribution in [-0.4, -0.2) is 33.4 Å². The van der Waals surface area contributed by atoms with Crippen molar-refractivity contribution in [2.45, 2.75) is 70.4 Å². The first-order valence-electron chi connectivity index (χ1n) is 8.81. The van der Waals surface area contributed by atoms with E-state index in [9.17, 15) is 9.59 Å². The van der Waals surface area contributed by atoms with Crippen LogP contribution in [0, 0.1) is 17.8 Å². The van der Waals surface area contributed by atoms with Gasteiger partial charge in [-0.1, -0.05) is 25.7 Å². The van der Waals surface area contributed by atoms with E-state index in [4.69, 9.17) is 0 Å². The molecule has 0 aromatic carbocycles. The van der Waals surface area contributed by atoms with Crippen LogP contribution in [-0.2, 0) is 9.59 Å². The van der Waals surface area contributed by atoms with Crippen LogP contribution in [0.1, 0.15) is 58.3 Å². The summed E-state index contributed by atoms with van der Waals surface area (Å²) in [5, 5.41) is 3.14. The predicted octanol–water partition coefficient (Wildman–Crippen LogP) is 3.09. The molecule has 0 unspecified atom stereocenters. The van der Waals surface area contributed by atoms with Crippen molar-refractivity contribution < 1.29 is 9.59 Å². The van der Waals surface area contributed by atoms with Crippen molar-refractivity contribution >= 4 is 34.6 Å². The molecular weight excluding hydrogens is 391 g/mol. The third-order valence-corrected chi connectivity index (χ3v) is 6.95. The molecule has 2 saturated carbocycles. The summed E-state index contributed by atoms with van der Waals surface area (Å²) in [6.45, 7) is 2.66. The first kappa shape index (κ1) is 16.7. The third kappa shape index (κ3) is 3.35. The highest BCUT2D eigenvalue weighted by atomic mass is 127. The number of amides is 1. The Bertz CT molecular complexity index is 436. The van der Waals surface area contributed by atoms with E-state index in [1.165, 1.54) is 32.1 Å².